The van der Waals surface area contributed by atoms with Gasteiger partial charge in [-0.15, -0.1) is 0 Å². The van der Waals surface area contributed by atoms with Gasteiger partial charge in [0.2, 0.25) is 0 Å². The highest BCUT2D eigenvalue weighted by Gasteiger charge is 2.29. The number of rotatable bonds is 5. The molecule has 0 unspecified atom stereocenters. The van der Waals surface area contributed by atoms with Crippen molar-refractivity contribution >= 4 is 11.4 Å². The molecule has 0 aliphatic heterocycles. The number of nitriles is 2. The summed E-state index contributed by atoms with van der Waals surface area (Å²) in [5.74, 6) is -0.418. The van der Waals surface area contributed by atoms with E-state index < -0.39 is 11.5 Å². The van der Waals surface area contributed by atoms with Crippen LogP contribution in [-0.4, -0.2) is 16.3 Å². The number of hydrogen-bond donors (Lipinski definition) is 4. The van der Waals surface area contributed by atoms with Crippen LogP contribution in [0, 0.1) is 28.6 Å². The van der Waals surface area contributed by atoms with E-state index in [1.54, 1.807) is 0 Å². The van der Waals surface area contributed by atoms with E-state index in [9.17, 15) is 20.7 Å². The number of aliphatic hydroxyl groups is 2. The number of hydrogen-bond acceptors (Lipinski definition) is 6. The quantitative estimate of drug-likeness (QED) is 0.572. The summed E-state index contributed by atoms with van der Waals surface area (Å²) in [6.45, 7) is 2.23. The van der Waals surface area contributed by atoms with Crippen molar-refractivity contribution < 1.29 is 10.2 Å². The van der Waals surface area contributed by atoms with E-state index in [4.69, 9.17) is 0 Å². The molecule has 0 radical (unpaired) electrons. The molecule has 0 amide bonds. The Bertz CT molecular complexity index is 869. The monoisotopic (exact) mass is 376 g/mol. The Hall–Kier alpha value is -3.38. The van der Waals surface area contributed by atoms with E-state index >= 15 is 0 Å². The lowest BCUT2D eigenvalue weighted by atomic mass is 9.84. The van der Waals surface area contributed by atoms with Crippen LogP contribution < -0.4 is 10.6 Å². The van der Waals surface area contributed by atoms with E-state index in [1.807, 2.05) is 36.4 Å². The Morgan fingerprint density at radius 1 is 0.964 bits per heavy atom. The van der Waals surface area contributed by atoms with Gasteiger partial charge in [-0.25, -0.2) is 0 Å². The van der Waals surface area contributed by atoms with E-state index in [0.717, 1.165) is 11.4 Å². The molecular weight excluding hydrogens is 352 g/mol. The molecule has 4 N–H and O–H groups in total. The molecule has 1 aromatic carbocycles. The fourth-order valence-electron chi connectivity index (χ4n) is 3.82. The third-order valence-corrected chi connectivity index (χ3v) is 5.48. The molecule has 0 saturated heterocycles. The fourth-order valence-corrected chi connectivity index (χ4v) is 3.82. The molecule has 1 fully saturated rings. The van der Waals surface area contributed by atoms with Gasteiger partial charge in [0.05, 0.1) is 0 Å². The van der Waals surface area contributed by atoms with E-state index in [2.05, 4.69) is 17.6 Å². The normalized spacial score (nSPS) is 18.5. The summed E-state index contributed by atoms with van der Waals surface area (Å²) in [5.41, 5.74) is 1.74. The maximum atomic E-state index is 9.78. The summed E-state index contributed by atoms with van der Waals surface area (Å²) in [7, 11) is 0. The topological polar surface area (TPSA) is 112 Å². The van der Waals surface area contributed by atoms with E-state index in [1.165, 1.54) is 38.3 Å². The van der Waals surface area contributed by atoms with Crippen molar-refractivity contribution in [2.75, 3.05) is 10.6 Å². The fraction of sp³-hybridized carbons (Fsp3) is 0.364. The number of anilines is 2. The summed E-state index contributed by atoms with van der Waals surface area (Å²) in [6, 6.07) is 11.8. The molecule has 1 atom stereocenters. The average molecular weight is 376 g/mol. The molecule has 0 heterocycles. The minimum absolute atomic E-state index is 0.124. The molecular formula is C22H24N4O2. The predicted octanol–water partition coefficient (Wildman–Crippen LogP) is 5.05. The number of benzene rings is 1. The number of nitrogens with zero attached hydrogens (tertiary/aromatic N) is 2. The third-order valence-electron chi connectivity index (χ3n) is 5.48. The second-order valence-corrected chi connectivity index (χ2v) is 7.28. The molecule has 0 aromatic heterocycles. The lowest BCUT2D eigenvalue weighted by molar-refractivity contribution is 0.327. The van der Waals surface area contributed by atoms with Crippen molar-refractivity contribution in [3.63, 3.8) is 0 Å². The predicted molar refractivity (Wildman–Crippen MR) is 108 cm³/mol. The van der Waals surface area contributed by atoms with Crippen LogP contribution in [0.5, 0.6) is 0 Å². The van der Waals surface area contributed by atoms with E-state index in [0.29, 0.717) is 12.0 Å². The summed E-state index contributed by atoms with van der Waals surface area (Å²) in [5, 5.41) is 44.5. The molecule has 6 heteroatoms. The Labute approximate surface area is 165 Å². The maximum Gasteiger partial charge on any atom is 0.177 e. The zero-order valence-corrected chi connectivity index (χ0v) is 15.9. The number of nitrogens with one attached hydrogen (secondary N) is 2. The minimum Gasteiger partial charge on any atom is -0.503 e. The second kappa shape index (κ2) is 8.54. The van der Waals surface area contributed by atoms with Crippen LogP contribution in [-0.2, 0) is 0 Å². The Morgan fingerprint density at radius 3 is 2.04 bits per heavy atom. The van der Waals surface area contributed by atoms with Gasteiger partial charge < -0.3 is 20.8 Å². The highest BCUT2D eigenvalue weighted by atomic mass is 16.3. The van der Waals surface area contributed by atoms with Crippen LogP contribution in [0.15, 0.2) is 58.7 Å². The smallest absolute Gasteiger partial charge is 0.177 e. The van der Waals surface area contributed by atoms with Crippen LogP contribution >= 0.6 is 0 Å². The van der Waals surface area contributed by atoms with Gasteiger partial charge >= 0.3 is 0 Å². The molecule has 1 aromatic rings. The SMILES string of the molecule is C[C@H](Nc1ccc(NC=C2C(C#N)=C(O)C(O)=C2C#N)cc1)C1CCCCC1. The van der Waals surface area contributed by atoms with Crippen LogP contribution in [0.4, 0.5) is 11.4 Å². The highest BCUT2D eigenvalue weighted by Crippen LogP contribution is 2.34. The van der Waals surface area contributed by atoms with Gasteiger partial charge in [0.1, 0.15) is 23.3 Å². The van der Waals surface area contributed by atoms with Crippen molar-refractivity contribution in [3.05, 3.63) is 58.7 Å². The molecule has 6 nitrogen and oxygen atoms in total. The zero-order chi connectivity index (χ0) is 20.1. The Morgan fingerprint density at radius 2 is 1.50 bits per heavy atom. The van der Waals surface area contributed by atoms with Crippen LogP contribution in [0.1, 0.15) is 39.0 Å². The first-order valence-electron chi connectivity index (χ1n) is 9.56. The zero-order valence-electron chi connectivity index (χ0n) is 15.9. The lowest BCUT2D eigenvalue weighted by Gasteiger charge is -2.29. The third kappa shape index (κ3) is 3.97. The van der Waals surface area contributed by atoms with Gasteiger partial charge in [-0.05, 0) is 49.9 Å². The lowest BCUT2D eigenvalue weighted by Crippen LogP contribution is -2.27. The summed E-state index contributed by atoms with van der Waals surface area (Å²) in [6.07, 6.45) is 7.99. The summed E-state index contributed by atoms with van der Waals surface area (Å²) < 4.78 is 0. The molecule has 0 bridgehead atoms. The first kappa shape index (κ1) is 19.4. The van der Waals surface area contributed by atoms with E-state index in [-0.39, 0.29) is 16.7 Å². The maximum absolute atomic E-state index is 9.78. The Balaban J connectivity index is 1.67. The molecule has 2 aliphatic rings. The standard InChI is InChI=1S/C22H24N4O2/c1-14(15-5-3-2-4-6-15)26-17-9-7-16(8-10-17)25-13-20-18(11-23)21(27)22(28)19(20)12-24/h7-10,13-15,25-28H,2-6H2,1H3/t14-/m0/s1. The van der Waals surface area contributed by atoms with Gasteiger partial charge in [-0.3, -0.25) is 0 Å². The molecule has 144 valence electrons. The van der Waals surface area contributed by atoms with Crippen molar-refractivity contribution in [3.8, 4) is 12.1 Å². The van der Waals surface area contributed by atoms with Crippen LogP contribution in [0.2, 0.25) is 0 Å². The van der Waals surface area contributed by atoms with Gasteiger partial charge in [-0.2, -0.15) is 10.5 Å². The number of aliphatic hydroxyl groups excluding tert-OH is 2. The van der Waals surface area contributed by atoms with Crippen molar-refractivity contribution in [1.29, 1.82) is 10.5 Å². The second-order valence-electron chi connectivity index (χ2n) is 7.28. The van der Waals surface area contributed by atoms with Gasteiger partial charge in [0.15, 0.2) is 11.5 Å². The molecule has 28 heavy (non-hydrogen) atoms. The van der Waals surface area contributed by atoms with Gasteiger partial charge in [0, 0.05) is 29.2 Å². The average Bonchev–Trinajstić information content (AvgIpc) is 2.97. The van der Waals surface area contributed by atoms with Crippen molar-refractivity contribution in [2.24, 2.45) is 5.92 Å². The highest BCUT2D eigenvalue weighted by molar-refractivity contribution is 5.70. The summed E-state index contributed by atoms with van der Waals surface area (Å²) in [4.78, 5) is 0. The minimum atomic E-state index is -0.566. The first-order valence-corrected chi connectivity index (χ1v) is 9.56. The molecule has 1 saturated carbocycles. The number of allylic oxidation sites excluding steroid dienone is 3. The summed E-state index contributed by atoms with van der Waals surface area (Å²) >= 11 is 0. The molecule has 2 aliphatic carbocycles. The van der Waals surface area contributed by atoms with Crippen molar-refractivity contribution in [1.82, 2.24) is 0 Å². The largest absolute Gasteiger partial charge is 0.503 e. The van der Waals surface area contributed by atoms with Crippen molar-refractivity contribution in [2.45, 2.75) is 45.1 Å². The molecule has 0 spiro atoms. The van der Waals surface area contributed by atoms with Gasteiger partial charge in [-0.1, -0.05) is 19.3 Å². The first-order chi connectivity index (χ1) is 13.5. The van der Waals surface area contributed by atoms with Crippen LogP contribution in [0.25, 0.3) is 0 Å². The van der Waals surface area contributed by atoms with Gasteiger partial charge in [0.25, 0.3) is 0 Å². The molecule has 3 rings (SSSR count). The Kier molecular flexibility index (Phi) is 5.91. The van der Waals surface area contributed by atoms with Crippen LogP contribution in [0.3, 0.4) is 0 Å².